The molecule has 0 unspecified atom stereocenters. The molecule has 0 fully saturated rings. The van der Waals surface area contributed by atoms with Gasteiger partial charge in [0.2, 0.25) is 9.84 Å². The average molecular weight is 457 g/mol. The summed E-state index contributed by atoms with van der Waals surface area (Å²) in [6, 6.07) is 11.2. The van der Waals surface area contributed by atoms with E-state index in [1.165, 1.54) is 5.41 Å². The first-order valence-electron chi connectivity index (χ1n) is 10.4. The second kappa shape index (κ2) is 6.91. The van der Waals surface area contributed by atoms with Gasteiger partial charge in [0.25, 0.3) is 0 Å². The molecule has 0 saturated carbocycles. The van der Waals surface area contributed by atoms with E-state index in [2.05, 4.69) is 27.7 Å². The standard InChI is InChI=1S/C25H28O4S2/c1-17-15-18-9-10-19(16-23(18)31(17,28)29)24(2,3)12-13-25(4,5)21-7-6-8-22-20(21)11-14-30(22,26)27/h6-11,14-16H,12-13H2,1-5H3. The summed E-state index contributed by atoms with van der Waals surface area (Å²) in [7, 11) is -6.71. The first-order chi connectivity index (χ1) is 14.3. The van der Waals surface area contributed by atoms with Crippen molar-refractivity contribution in [3.05, 3.63) is 69.0 Å². The molecule has 2 heterocycles. The lowest BCUT2D eigenvalue weighted by Crippen LogP contribution is -2.25. The van der Waals surface area contributed by atoms with Gasteiger partial charge in [0.15, 0.2) is 9.84 Å². The van der Waals surface area contributed by atoms with Gasteiger partial charge in [-0.2, -0.15) is 0 Å². The van der Waals surface area contributed by atoms with Crippen LogP contribution in [0.25, 0.3) is 12.2 Å². The summed E-state index contributed by atoms with van der Waals surface area (Å²) in [5, 5.41) is 1.28. The van der Waals surface area contributed by atoms with Gasteiger partial charge in [0.05, 0.1) is 9.79 Å². The predicted molar refractivity (Wildman–Crippen MR) is 125 cm³/mol. The van der Waals surface area contributed by atoms with E-state index in [-0.39, 0.29) is 10.8 Å². The van der Waals surface area contributed by atoms with Crippen LogP contribution in [-0.4, -0.2) is 16.8 Å². The fourth-order valence-electron chi connectivity index (χ4n) is 4.47. The Morgan fingerprint density at radius 1 is 0.839 bits per heavy atom. The van der Waals surface area contributed by atoms with Gasteiger partial charge in [0, 0.05) is 10.3 Å². The van der Waals surface area contributed by atoms with Crippen LogP contribution in [0.5, 0.6) is 0 Å². The van der Waals surface area contributed by atoms with Crippen LogP contribution in [0.2, 0.25) is 0 Å². The monoisotopic (exact) mass is 456 g/mol. The number of hydrogen-bond acceptors (Lipinski definition) is 4. The Kier molecular flexibility index (Phi) is 4.91. The lowest BCUT2D eigenvalue weighted by Gasteiger charge is -2.33. The van der Waals surface area contributed by atoms with E-state index in [4.69, 9.17) is 0 Å². The van der Waals surface area contributed by atoms with E-state index in [0.717, 1.165) is 35.1 Å². The second-order valence-corrected chi connectivity index (χ2v) is 13.7. The quantitative estimate of drug-likeness (QED) is 0.585. The van der Waals surface area contributed by atoms with Crippen molar-refractivity contribution < 1.29 is 16.8 Å². The zero-order valence-corrected chi connectivity index (χ0v) is 20.2. The number of rotatable bonds is 5. The summed E-state index contributed by atoms with van der Waals surface area (Å²) in [6.07, 6.45) is 5.08. The third kappa shape index (κ3) is 3.60. The Morgan fingerprint density at radius 3 is 2.23 bits per heavy atom. The SMILES string of the molecule is CC1=Cc2ccc(C(C)(C)CCC(C)(C)c3cccc4c3C=CS4(=O)=O)cc2S1(=O)=O. The molecule has 0 aromatic heterocycles. The fraction of sp³-hybridized carbons (Fsp3) is 0.360. The zero-order valence-electron chi connectivity index (χ0n) is 18.6. The molecule has 4 rings (SSSR count). The average Bonchev–Trinajstić information content (AvgIpc) is 3.13. The summed E-state index contributed by atoms with van der Waals surface area (Å²) < 4.78 is 49.7. The normalized spacial score (nSPS) is 18.5. The van der Waals surface area contributed by atoms with Gasteiger partial charge >= 0.3 is 0 Å². The van der Waals surface area contributed by atoms with E-state index in [0.29, 0.717) is 14.7 Å². The maximum Gasteiger partial charge on any atom is 0.203 e. The summed E-state index contributed by atoms with van der Waals surface area (Å²) in [5.41, 5.74) is 3.08. The molecule has 0 radical (unpaired) electrons. The molecular formula is C25H28O4S2. The molecule has 0 amide bonds. The van der Waals surface area contributed by atoms with E-state index >= 15 is 0 Å². The third-order valence-electron chi connectivity index (χ3n) is 6.76. The van der Waals surface area contributed by atoms with E-state index < -0.39 is 19.7 Å². The van der Waals surface area contributed by atoms with Gasteiger partial charge in [-0.1, -0.05) is 52.0 Å². The Hall–Kier alpha value is -2.18. The minimum atomic E-state index is -3.37. The Balaban J connectivity index is 1.61. The Bertz CT molecular complexity index is 1360. The van der Waals surface area contributed by atoms with Crippen LogP contribution in [0, 0.1) is 0 Å². The molecule has 2 aliphatic rings. The van der Waals surface area contributed by atoms with E-state index in [9.17, 15) is 16.8 Å². The predicted octanol–water partition coefficient (Wildman–Crippen LogP) is 5.63. The first-order valence-corrected chi connectivity index (χ1v) is 13.4. The molecule has 6 heteroatoms. The van der Waals surface area contributed by atoms with Gasteiger partial charge < -0.3 is 0 Å². The summed E-state index contributed by atoms with van der Waals surface area (Å²) in [4.78, 5) is 1.16. The highest BCUT2D eigenvalue weighted by Gasteiger charge is 2.33. The molecule has 0 N–H and O–H groups in total. The van der Waals surface area contributed by atoms with E-state index in [1.807, 2.05) is 30.3 Å². The molecule has 2 aromatic rings. The molecule has 0 bridgehead atoms. The topological polar surface area (TPSA) is 68.3 Å². The number of allylic oxidation sites excluding steroid dienone is 1. The molecule has 0 atom stereocenters. The fourth-order valence-corrected chi connectivity index (χ4v) is 7.03. The largest absolute Gasteiger partial charge is 0.219 e. The van der Waals surface area contributed by atoms with Crippen molar-refractivity contribution in [2.75, 3.05) is 0 Å². The Labute approximate surface area is 185 Å². The lowest BCUT2D eigenvalue weighted by molar-refractivity contribution is 0.374. The van der Waals surface area contributed by atoms with Crippen LogP contribution in [0.1, 0.15) is 69.7 Å². The lowest BCUT2D eigenvalue weighted by atomic mass is 9.72. The zero-order chi connectivity index (χ0) is 22.8. The summed E-state index contributed by atoms with van der Waals surface area (Å²) in [5.74, 6) is 0. The highest BCUT2D eigenvalue weighted by Crippen LogP contribution is 2.42. The number of fused-ring (bicyclic) bond motifs is 2. The molecule has 2 aliphatic heterocycles. The van der Waals surface area contributed by atoms with Crippen LogP contribution < -0.4 is 0 Å². The smallest absolute Gasteiger partial charge is 0.203 e. The minimum absolute atomic E-state index is 0.238. The molecule has 4 nitrogen and oxygen atoms in total. The van der Waals surface area contributed by atoms with Crippen LogP contribution >= 0.6 is 0 Å². The van der Waals surface area contributed by atoms with Crippen molar-refractivity contribution in [3.63, 3.8) is 0 Å². The molecule has 2 aromatic carbocycles. The number of hydrogen-bond donors (Lipinski definition) is 0. The van der Waals surface area contributed by atoms with Gasteiger partial charge in [-0.3, -0.25) is 0 Å². The van der Waals surface area contributed by atoms with Crippen molar-refractivity contribution >= 4 is 31.8 Å². The van der Waals surface area contributed by atoms with Crippen molar-refractivity contribution in [1.29, 1.82) is 0 Å². The maximum absolute atomic E-state index is 12.6. The summed E-state index contributed by atoms with van der Waals surface area (Å²) in [6.45, 7) is 10.2. The molecule has 31 heavy (non-hydrogen) atoms. The van der Waals surface area contributed by atoms with Gasteiger partial charge in [-0.05, 0) is 77.1 Å². The van der Waals surface area contributed by atoms with Gasteiger partial charge in [-0.25, -0.2) is 16.8 Å². The molecule has 0 aliphatic carbocycles. The van der Waals surface area contributed by atoms with E-state index in [1.54, 1.807) is 25.1 Å². The highest BCUT2D eigenvalue weighted by atomic mass is 32.2. The van der Waals surface area contributed by atoms with Crippen molar-refractivity contribution in [2.45, 2.75) is 68.1 Å². The second-order valence-electron chi connectivity index (χ2n) is 9.84. The minimum Gasteiger partial charge on any atom is -0.219 e. The van der Waals surface area contributed by atoms with Crippen molar-refractivity contribution in [3.8, 4) is 0 Å². The molecule has 0 spiro atoms. The number of benzene rings is 2. The van der Waals surface area contributed by atoms with Gasteiger partial charge in [0.1, 0.15) is 0 Å². The van der Waals surface area contributed by atoms with Gasteiger partial charge in [-0.15, -0.1) is 0 Å². The molecule has 164 valence electrons. The summed E-state index contributed by atoms with van der Waals surface area (Å²) >= 11 is 0. The third-order valence-corrected chi connectivity index (χ3v) is 10.1. The molecular weight excluding hydrogens is 428 g/mol. The Morgan fingerprint density at radius 2 is 1.52 bits per heavy atom. The number of sulfone groups is 2. The van der Waals surface area contributed by atoms with Crippen LogP contribution in [-0.2, 0) is 30.5 Å². The van der Waals surface area contributed by atoms with Crippen LogP contribution in [0.4, 0.5) is 0 Å². The van der Waals surface area contributed by atoms with Crippen LogP contribution in [0.15, 0.2) is 56.5 Å². The molecule has 0 saturated heterocycles. The van der Waals surface area contributed by atoms with Crippen molar-refractivity contribution in [1.82, 2.24) is 0 Å². The highest BCUT2D eigenvalue weighted by molar-refractivity contribution is 7.95. The maximum atomic E-state index is 12.6. The van der Waals surface area contributed by atoms with Crippen LogP contribution in [0.3, 0.4) is 0 Å². The van der Waals surface area contributed by atoms with Crippen molar-refractivity contribution in [2.24, 2.45) is 0 Å². The first kappa shape index (κ1) is 22.0.